The number of benzene rings is 1. The molecule has 0 heterocycles. The van der Waals surface area contributed by atoms with Gasteiger partial charge in [0.2, 0.25) is 0 Å². The van der Waals surface area contributed by atoms with Gasteiger partial charge in [-0.05, 0) is 31.5 Å². The Morgan fingerprint density at radius 3 is 2.64 bits per heavy atom. The first kappa shape index (κ1) is 17.9. The summed E-state index contributed by atoms with van der Waals surface area (Å²) in [6.07, 6.45) is 0. The SMILES string of the molecule is C=C(C)CN(CC)C(=O)COC(=O)c1cccc(COC)c1. The minimum absolute atomic E-state index is 0.230. The molecule has 1 amide bonds. The van der Waals surface area contributed by atoms with Crippen molar-refractivity contribution in [2.45, 2.75) is 20.5 Å². The van der Waals surface area contributed by atoms with Gasteiger partial charge in [-0.25, -0.2) is 4.79 Å². The van der Waals surface area contributed by atoms with Gasteiger partial charge in [0.15, 0.2) is 6.61 Å². The molecule has 0 atom stereocenters. The largest absolute Gasteiger partial charge is 0.452 e. The lowest BCUT2D eigenvalue weighted by Crippen LogP contribution is -2.35. The molecule has 0 aromatic heterocycles. The molecule has 0 aliphatic carbocycles. The van der Waals surface area contributed by atoms with E-state index in [4.69, 9.17) is 9.47 Å². The Balaban J connectivity index is 2.59. The van der Waals surface area contributed by atoms with Crippen molar-refractivity contribution < 1.29 is 19.1 Å². The minimum atomic E-state index is -0.516. The number of esters is 1. The number of methoxy groups -OCH3 is 1. The van der Waals surface area contributed by atoms with Crippen LogP contribution in [-0.2, 0) is 20.9 Å². The molecule has 22 heavy (non-hydrogen) atoms. The Morgan fingerprint density at radius 1 is 1.32 bits per heavy atom. The smallest absolute Gasteiger partial charge is 0.338 e. The van der Waals surface area contributed by atoms with E-state index in [-0.39, 0.29) is 12.5 Å². The van der Waals surface area contributed by atoms with Crippen molar-refractivity contribution in [3.8, 4) is 0 Å². The Bertz CT molecular complexity index is 539. The predicted molar refractivity (Wildman–Crippen MR) is 84.5 cm³/mol. The molecule has 1 aromatic rings. The Kier molecular flexibility index (Phi) is 7.32. The highest BCUT2D eigenvalue weighted by atomic mass is 16.5. The number of hydrogen-bond acceptors (Lipinski definition) is 4. The highest BCUT2D eigenvalue weighted by molar-refractivity contribution is 5.91. The van der Waals surface area contributed by atoms with Crippen LogP contribution in [0.4, 0.5) is 0 Å². The quantitative estimate of drug-likeness (QED) is 0.547. The first-order chi connectivity index (χ1) is 10.5. The normalized spacial score (nSPS) is 10.1. The lowest BCUT2D eigenvalue weighted by molar-refractivity contribution is -0.133. The van der Waals surface area contributed by atoms with Crippen LogP contribution >= 0.6 is 0 Å². The fourth-order valence-corrected chi connectivity index (χ4v) is 1.96. The van der Waals surface area contributed by atoms with Crippen LogP contribution in [0, 0.1) is 0 Å². The molecule has 0 aliphatic rings. The number of carbonyl (C=O) groups is 2. The van der Waals surface area contributed by atoms with E-state index in [0.29, 0.717) is 25.3 Å². The van der Waals surface area contributed by atoms with Crippen LogP contribution in [0.25, 0.3) is 0 Å². The van der Waals surface area contributed by atoms with Gasteiger partial charge in [-0.15, -0.1) is 0 Å². The van der Waals surface area contributed by atoms with Crippen LogP contribution in [-0.4, -0.2) is 43.6 Å². The van der Waals surface area contributed by atoms with Gasteiger partial charge in [0.25, 0.3) is 5.91 Å². The number of nitrogens with zero attached hydrogens (tertiary/aromatic N) is 1. The number of likely N-dealkylation sites (N-methyl/N-ethyl adjacent to an activating group) is 1. The van der Waals surface area contributed by atoms with E-state index in [0.717, 1.165) is 11.1 Å². The molecular weight excluding hydrogens is 282 g/mol. The van der Waals surface area contributed by atoms with E-state index in [9.17, 15) is 9.59 Å². The zero-order chi connectivity index (χ0) is 16.5. The van der Waals surface area contributed by atoms with E-state index >= 15 is 0 Å². The second kappa shape index (κ2) is 9.00. The highest BCUT2D eigenvalue weighted by Gasteiger charge is 2.15. The van der Waals surface area contributed by atoms with Gasteiger partial charge in [0.1, 0.15) is 0 Å². The average Bonchev–Trinajstić information content (AvgIpc) is 2.50. The van der Waals surface area contributed by atoms with Gasteiger partial charge in [-0.3, -0.25) is 4.79 Å². The fraction of sp³-hybridized carbons (Fsp3) is 0.412. The summed E-state index contributed by atoms with van der Waals surface area (Å²) in [5, 5.41) is 0. The van der Waals surface area contributed by atoms with E-state index in [1.165, 1.54) is 0 Å². The van der Waals surface area contributed by atoms with Crippen LogP contribution in [0.1, 0.15) is 29.8 Å². The summed E-state index contributed by atoms with van der Waals surface area (Å²) >= 11 is 0. The van der Waals surface area contributed by atoms with Crippen molar-refractivity contribution in [2.24, 2.45) is 0 Å². The summed E-state index contributed by atoms with van der Waals surface area (Å²) in [5.41, 5.74) is 2.17. The van der Waals surface area contributed by atoms with Crippen molar-refractivity contribution in [1.82, 2.24) is 4.90 Å². The Hall–Kier alpha value is -2.14. The molecule has 1 rings (SSSR count). The summed E-state index contributed by atoms with van der Waals surface area (Å²) < 4.78 is 10.1. The molecule has 0 bridgehead atoms. The minimum Gasteiger partial charge on any atom is -0.452 e. The lowest BCUT2D eigenvalue weighted by Gasteiger charge is -2.20. The van der Waals surface area contributed by atoms with Gasteiger partial charge in [0.05, 0.1) is 12.2 Å². The number of hydrogen-bond donors (Lipinski definition) is 0. The molecule has 0 radical (unpaired) electrons. The molecule has 0 spiro atoms. The molecule has 0 unspecified atom stereocenters. The van der Waals surface area contributed by atoms with Crippen molar-refractivity contribution >= 4 is 11.9 Å². The maximum Gasteiger partial charge on any atom is 0.338 e. The van der Waals surface area contributed by atoms with Crippen LogP contribution in [0.2, 0.25) is 0 Å². The summed E-state index contributed by atoms with van der Waals surface area (Å²) in [6.45, 7) is 8.67. The topological polar surface area (TPSA) is 55.8 Å². The first-order valence-corrected chi connectivity index (χ1v) is 7.15. The van der Waals surface area contributed by atoms with Gasteiger partial charge < -0.3 is 14.4 Å². The Morgan fingerprint density at radius 2 is 2.05 bits per heavy atom. The van der Waals surface area contributed by atoms with Crippen molar-refractivity contribution in [1.29, 1.82) is 0 Å². The number of carbonyl (C=O) groups excluding carboxylic acids is 2. The van der Waals surface area contributed by atoms with E-state index in [1.807, 2.05) is 19.9 Å². The van der Waals surface area contributed by atoms with Crippen LogP contribution in [0.5, 0.6) is 0 Å². The van der Waals surface area contributed by atoms with Gasteiger partial charge >= 0.3 is 5.97 Å². The van der Waals surface area contributed by atoms with Gasteiger partial charge in [-0.1, -0.05) is 24.3 Å². The number of ether oxygens (including phenoxy) is 2. The van der Waals surface area contributed by atoms with Gasteiger partial charge in [0, 0.05) is 20.2 Å². The maximum absolute atomic E-state index is 12.0. The molecule has 0 fully saturated rings. The highest BCUT2D eigenvalue weighted by Crippen LogP contribution is 2.08. The first-order valence-electron chi connectivity index (χ1n) is 7.15. The van der Waals surface area contributed by atoms with Crippen molar-refractivity contribution in [2.75, 3.05) is 26.8 Å². The predicted octanol–water partition coefficient (Wildman–Crippen LogP) is 2.41. The lowest BCUT2D eigenvalue weighted by atomic mass is 10.1. The van der Waals surface area contributed by atoms with E-state index < -0.39 is 5.97 Å². The maximum atomic E-state index is 12.0. The molecule has 0 N–H and O–H groups in total. The zero-order valence-corrected chi connectivity index (χ0v) is 13.4. The van der Waals surface area contributed by atoms with E-state index in [2.05, 4.69) is 6.58 Å². The molecule has 120 valence electrons. The zero-order valence-electron chi connectivity index (χ0n) is 13.4. The summed E-state index contributed by atoms with van der Waals surface area (Å²) in [7, 11) is 1.59. The van der Waals surface area contributed by atoms with Crippen molar-refractivity contribution in [3.63, 3.8) is 0 Å². The fourth-order valence-electron chi connectivity index (χ4n) is 1.96. The summed E-state index contributed by atoms with van der Waals surface area (Å²) in [6, 6.07) is 6.96. The number of rotatable bonds is 8. The second-order valence-electron chi connectivity index (χ2n) is 5.07. The van der Waals surface area contributed by atoms with E-state index in [1.54, 1.807) is 30.2 Å². The van der Waals surface area contributed by atoms with Crippen LogP contribution in [0.3, 0.4) is 0 Å². The summed E-state index contributed by atoms with van der Waals surface area (Å²) in [4.78, 5) is 25.6. The van der Waals surface area contributed by atoms with Crippen LogP contribution < -0.4 is 0 Å². The number of amides is 1. The van der Waals surface area contributed by atoms with Gasteiger partial charge in [-0.2, -0.15) is 0 Å². The molecule has 1 aromatic carbocycles. The Labute approximate surface area is 131 Å². The monoisotopic (exact) mass is 305 g/mol. The van der Waals surface area contributed by atoms with Crippen LogP contribution in [0.15, 0.2) is 36.4 Å². The third-order valence-corrected chi connectivity index (χ3v) is 3.00. The third-order valence-electron chi connectivity index (χ3n) is 3.00. The standard InChI is InChI=1S/C17H23NO4/c1-5-18(10-13(2)3)16(19)12-22-17(20)15-8-6-7-14(9-15)11-21-4/h6-9H,2,5,10-12H2,1,3-4H3. The molecule has 5 nitrogen and oxygen atoms in total. The molecule has 5 heteroatoms. The van der Waals surface area contributed by atoms with Crippen molar-refractivity contribution in [3.05, 3.63) is 47.5 Å². The second-order valence-corrected chi connectivity index (χ2v) is 5.07. The average molecular weight is 305 g/mol. The molecule has 0 aliphatic heterocycles. The molecule has 0 saturated heterocycles. The third kappa shape index (κ3) is 5.69. The molecular formula is C17H23NO4. The summed E-state index contributed by atoms with van der Waals surface area (Å²) in [5.74, 6) is -0.746. The molecule has 0 saturated carbocycles.